The number of halogens is 1. The Morgan fingerprint density at radius 3 is 2.79 bits per heavy atom. The summed E-state index contributed by atoms with van der Waals surface area (Å²) in [7, 11) is 0. The van der Waals surface area contributed by atoms with Crippen LogP contribution in [0, 0.1) is 0 Å². The van der Waals surface area contributed by atoms with Gasteiger partial charge in [0.1, 0.15) is 5.78 Å². The number of carbonyl (C=O) groups is 1. The van der Waals surface area contributed by atoms with Gasteiger partial charge in [-0.15, -0.1) is 0 Å². The van der Waals surface area contributed by atoms with Crippen molar-refractivity contribution in [3.63, 3.8) is 0 Å². The van der Waals surface area contributed by atoms with Crippen LogP contribution in [0.25, 0.3) is 0 Å². The van der Waals surface area contributed by atoms with Crippen LogP contribution in [-0.4, -0.2) is 5.78 Å². The van der Waals surface area contributed by atoms with E-state index in [9.17, 15) is 4.79 Å². The highest BCUT2D eigenvalue weighted by molar-refractivity contribution is 6.31. The van der Waals surface area contributed by atoms with Gasteiger partial charge in [-0.2, -0.15) is 0 Å². The second-order valence-electron chi connectivity index (χ2n) is 3.85. The van der Waals surface area contributed by atoms with Gasteiger partial charge in [0, 0.05) is 17.9 Å². The molecule has 1 aliphatic carbocycles. The average molecular weight is 209 g/mol. The lowest BCUT2D eigenvalue weighted by Crippen LogP contribution is -2.13. The third-order valence-electron chi connectivity index (χ3n) is 2.83. The van der Waals surface area contributed by atoms with E-state index in [4.69, 9.17) is 11.6 Å². The predicted molar refractivity (Wildman–Crippen MR) is 57.7 cm³/mol. The maximum Gasteiger partial charge on any atom is 0.133 e. The molecule has 1 aliphatic rings. The highest BCUT2D eigenvalue weighted by atomic mass is 35.5. The minimum absolute atomic E-state index is 0.352. The average Bonchev–Trinajstić information content (AvgIpc) is 2.18. The summed E-state index contributed by atoms with van der Waals surface area (Å²) in [5.41, 5.74) is 1.14. The van der Waals surface area contributed by atoms with Crippen LogP contribution in [-0.2, 0) is 4.79 Å². The Balaban J connectivity index is 2.22. The summed E-state index contributed by atoms with van der Waals surface area (Å²) in [6.07, 6.45) is 3.52. The van der Waals surface area contributed by atoms with Crippen LogP contribution in [0.15, 0.2) is 24.3 Å². The number of benzene rings is 1. The Hall–Kier alpha value is -0.820. The SMILES string of the molecule is O=C1CCCC(c2ccccc2Cl)C1. The van der Waals surface area contributed by atoms with Gasteiger partial charge in [-0.05, 0) is 30.4 Å². The highest BCUT2D eigenvalue weighted by Gasteiger charge is 2.22. The lowest BCUT2D eigenvalue weighted by Gasteiger charge is -2.21. The normalized spacial score (nSPS) is 22.4. The Labute approximate surface area is 89.1 Å². The molecule has 74 valence electrons. The molecular weight excluding hydrogens is 196 g/mol. The van der Waals surface area contributed by atoms with Crippen molar-refractivity contribution in [3.05, 3.63) is 34.9 Å². The molecule has 0 heterocycles. The Kier molecular flexibility index (Phi) is 2.87. The molecule has 0 saturated heterocycles. The third kappa shape index (κ3) is 1.98. The first-order chi connectivity index (χ1) is 6.77. The largest absolute Gasteiger partial charge is 0.300 e. The molecule has 0 amide bonds. The first-order valence-electron chi connectivity index (χ1n) is 5.03. The Morgan fingerprint density at radius 1 is 1.29 bits per heavy atom. The summed E-state index contributed by atoms with van der Waals surface area (Å²) in [5, 5.41) is 0.798. The lowest BCUT2D eigenvalue weighted by atomic mass is 9.83. The minimum atomic E-state index is 0.352. The molecule has 1 nitrogen and oxygen atoms in total. The van der Waals surface area contributed by atoms with Crippen molar-refractivity contribution in [1.29, 1.82) is 0 Å². The van der Waals surface area contributed by atoms with Crippen LogP contribution in [0.3, 0.4) is 0 Å². The maximum atomic E-state index is 11.3. The van der Waals surface area contributed by atoms with E-state index in [-0.39, 0.29) is 0 Å². The smallest absolute Gasteiger partial charge is 0.133 e. The lowest BCUT2D eigenvalue weighted by molar-refractivity contribution is -0.120. The number of hydrogen-bond acceptors (Lipinski definition) is 1. The second kappa shape index (κ2) is 4.14. The first kappa shape index (κ1) is 9.72. The summed E-state index contributed by atoms with van der Waals surface area (Å²) >= 11 is 6.09. The number of rotatable bonds is 1. The number of Topliss-reactive ketones (excluding diaryl/α,β-unsaturated/α-hetero) is 1. The van der Waals surface area contributed by atoms with Crippen LogP contribution in [0.4, 0.5) is 0 Å². The topological polar surface area (TPSA) is 17.1 Å². The summed E-state index contributed by atoms with van der Waals surface area (Å²) < 4.78 is 0. The highest BCUT2D eigenvalue weighted by Crippen LogP contribution is 2.34. The van der Waals surface area contributed by atoms with Crippen molar-refractivity contribution < 1.29 is 4.79 Å². The molecule has 2 heteroatoms. The van der Waals surface area contributed by atoms with Crippen molar-refractivity contribution >= 4 is 17.4 Å². The van der Waals surface area contributed by atoms with Gasteiger partial charge in [0.15, 0.2) is 0 Å². The van der Waals surface area contributed by atoms with Crippen molar-refractivity contribution in [2.24, 2.45) is 0 Å². The molecular formula is C12H13ClO. The molecule has 0 bridgehead atoms. The number of hydrogen-bond donors (Lipinski definition) is 0. The summed E-state index contributed by atoms with van der Waals surface area (Å²) in [6.45, 7) is 0. The van der Waals surface area contributed by atoms with Crippen LogP contribution in [0.2, 0.25) is 5.02 Å². The number of ketones is 1. The monoisotopic (exact) mass is 208 g/mol. The minimum Gasteiger partial charge on any atom is -0.300 e. The molecule has 1 atom stereocenters. The molecule has 2 rings (SSSR count). The van der Waals surface area contributed by atoms with E-state index in [1.165, 1.54) is 0 Å². The van der Waals surface area contributed by atoms with E-state index in [2.05, 4.69) is 0 Å². The van der Waals surface area contributed by atoms with E-state index in [1.54, 1.807) is 0 Å². The van der Waals surface area contributed by atoms with Gasteiger partial charge in [0.2, 0.25) is 0 Å². The van der Waals surface area contributed by atoms with Gasteiger partial charge < -0.3 is 0 Å². The van der Waals surface area contributed by atoms with Crippen LogP contribution in [0.1, 0.15) is 37.2 Å². The van der Waals surface area contributed by atoms with E-state index >= 15 is 0 Å². The van der Waals surface area contributed by atoms with Gasteiger partial charge in [0.05, 0.1) is 0 Å². The van der Waals surface area contributed by atoms with Crippen LogP contribution >= 0.6 is 11.6 Å². The van der Waals surface area contributed by atoms with E-state index in [0.717, 1.165) is 29.8 Å². The maximum absolute atomic E-state index is 11.3. The van der Waals surface area contributed by atoms with Gasteiger partial charge in [0.25, 0.3) is 0 Å². The Morgan fingerprint density at radius 2 is 2.07 bits per heavy atom. The number of carbonyl (C=O) groups excluding carboxylic acids is 1. The van der Waals surface area contributed by atoms with E-state index in [1.807, 2.05) is 24.3 Å². The zero-order valence-electron chi connectivity index (χ0n) is 8.00. The fourth-order valence-corrected chi connectivity index (χ4v) is 2.39. The zero-order chi connectivity index (χ0) is 9.97. The van der Waals surface area contributed by atoms with Gasteiger partial charge in [-0.3, -0.25) is 4.79 Å². The van der Waals surface area contributed by atoms with Crippen molar-refractivity contribution in [3.8, 4) is 0 Å². The predicted octanol–water partition coefficient (Wildman–Crippen LogP) is 3.57. The van der Waals surface area contributed by atoms with Gasteiger partial charge >= 0.3 is 0 Å². The molecule has 14 heavy (non-hydrogen) atoms. The molecule has 0 aromatic heterocycles. The quantitative estimate of drug-likeness (QED) is 0.690. The fraction of sp³-hybridized carbons (Fsp3) is 0.417. The van der Waals surface area contributed by atoms with Crippen molar-refractivity contribution in [2.75, 3.05) is 0 Å². The first-order valence-corrected chi connectivity index (χ1v) is 5.41. The molecule has 0 spiro atoms. The summed E-state index contributed by atoms with van der Waals surface area (Å²) in [6, 6.07) is 7.85. The summed E-state index contributed by atoms with van der Waals surface area (Å²) in [5.74, 6) is 0.728. The van der Waals surface area contributed by atoms with E-state index in [0.29, 0.717) is 18.1 Å². The standard InChI is InChI=1S/C12H13ClO/c13-12-7-2-1-6-11(12)9-4-3-5-10(14)8-9/h1-2,6-7,9H,3-5,8H2. The molecule has 1 fully saturated rings. The van der Waals surface area contributed by atoms with Crippen LogP contribution < -0.4 is 0 Å². The van der Waals surface area contributed by atoms with Gasteiger partial charge in [-0.25, -0.2) is 0 Å². The third-order valence-corrected chi connectivity index (χ3v) is 3.17. The molecule has 1 aromatic carbocycles. The van der Waals surface area contributed by atoms with E-state index < -0.39 is 0 Å². The van der Waals surface area contributed by atoms with Crippen LogP contribution in [0.5, 0.6) is 0 Å². The van der Waals surface area contributed by atoms with Crippen molar-refractivity contribution in [2.45, 2.75) is 31.6 Å². The Bertz CT molecular complexity index is 346. The molecule has 0 N–H and O–H groups in total. The molecule has 0 aliphatic heterocycles. The summed E-state index contributed by atoms with van der Waals surface area (Å²) in [4.78, 5) is 11.3. The molecule has 1 unspecified atom stereocenters. The van der Waals surface area contributed by atoms with Gasteiger partial charge in [-0.1, -0.05) is 29.8 Å². The zero-order valence-corrected chi connectivity index (χ0v) is 8.76. The molecule has 1 saturated carbocycles. The molecule has 0 radical (unpaired) electrons. The van der Waals surface area contributed by atoms with Crippen molar-refractivity contribution in [1.82, 2.24) is 0 Å². The molecule has 1 aromatic rings. The fourth-order valence-electron chi connectivity index (χ4n) is 2.10. The second-order valence-corrected chi connectivity index (χ2v) is 4.26.